The van der Waals surface area contributed by atoms with E-state index >= 15 is 0 Å². The summed E-state index contributed by atoms with van der Waals surface area (Å²) < 4.78 is 10.9. The molecule has 0 aromatic heterocycles. The van der Waals surface area contributed by atoms with Gasteiger partial charge in [0.25, 0.3) is 11.8 Å². The van der Waals surface area contributed by atoms with E-state index in [1.165, 1.54) is 26.1 Å². The third kappa shape index (κ3) is 6.89. The van der Waals surface area contributed by atoms with Gasteiger partial charge in [0.2, 0.25) is 18.1 Å². The van der Waals surface area contributed by atoms with Crippen molar-refractivity contribution in [3.05, 3.63) is 63.6 Å². The molecule has 14 heteroatoms. The molecule has 12 nitrogen and oxygen atoms in total. The van der Waals surface area contributed by atoms with E-state index in [-0.39, 0.29) is 41.5 Å². The average molecular weight is 607 g/mol. The highest BCUT2D eigenvalue weighted by atomic mass is 35.5. The molecule has 2 aromatic rings. The summed E-state index contributed by atoms with van der Waals surface area (Å²) in [7, 11) is 1.35. The molecule has 0 bridgehead atoms. The number of phenolic OH excluding ortho intramolecular Hbond substituents is 1. The summed E-state index contributed by atoms with van der Waals surface area (Å²) in [5.41, 5.74) is 0.827. The second-order valence-corrected chi connectivity index (χ2v) is 10.4. The van der Waals surface area contributed by atoms with Crippen molar-refractivity contribution in [2.24, 2.45) is 0 Å². The number of phenols is 1. The zero-order chi connectivity index (χ0) is 29.8. The molecule has 4 atom stereocenters. The summed E-state index contributed by atoms with van der Waals surface area (Å²) in [6.45, 7) is 1.56. The Morgan fingerprint density at radius 3 is 2.44 bits per heavy atom. The highest BCUT2D eigenvalue weighted by Crippen LogP contribution is 2.32. The van der Waals surface area contributed by atoms with Gasteiger partial charge in [0, 0.05) is 19.0 Å². The van der Waals surface area contributed by atoms with Crippen LogP contribution in [0.15, 0.2) is 42.5 Å². The first-order chi connectivity index (χ1) is 19.5. The van der Waals surface area contributed by atoms with E-state index in [0.29, 0.717) is 0 Å². The van der Waals surface area contributed by atoms with E-state index in [2.05, 4.69) is 10.6 Å². The number of nitrogens with zero attached hydrogens (tertiary/aromatic N) is 2. The fourth-order valence-electron chi connectivity index (χ4n) is 4.48. The summed E-state index contributed by atoms with van der Waals surface area (Å²) in [5, 5.41) is 16.7. The highest BCUT2D eigenvalue weighted by molar-refractivity contribution is 6.37. The first kappa shape index (κ1) is 30.1. The number of aromatic hydroxyl groups is 1. The number of amides is 4. The molecule has 2 aromatic carbocycles. The summed E-state index contributed by atoms with van der Waals surface area (Å²) in [6.07, 6.45) is -1.31. The Morgan fingerprint density at radius 1 is 1.12 bits per heavy atom. The number of hydrogen-bond donors (Lipinski definition) is 3. The molecule has 4 amide bonds. The molecule has 2 aliphatic rings. The predicted octanol–water partition coefficient (Wildman–Crippen LogP) is 2.16. The van der Waals surface area contributed by atoms with Crippen LogP contribution >= 0.6 is 23.2 Å². The lowest BCUT2D eigenvalue weighted by atomic mass is 10.1. The van der Waals surface area contributed by atoms with Crippen LogP contribution in [0.25, 0.3) is 0 Å². The van der Waals surface area contributed by atoms with Crippen molar-refractivity contribution in [1.29, 1.82) is 0 Å². The predicted molar refractivity (Wildman–Crippen MR) is 145 cm³/mol. The third-order valence-electron chi connectivity index (χ3n) is 6.73. The molecule has 2 fully saturated rings. The summed E-state index contributed by atoms with van der Waals surface area (Å²) in [5.74, 6) is -3.50. The number of carbonyl (C=O) groups excluding carboxylic acids is 5. The normalized spacial score (nSPS) is 21.8. The van der Waals surface area contributed by atoms with Crippen molar-refractivity contribution in [1.82, 2.24) is 20.7 Å². The largest absolute Gasteiger partial charge is 0.505 e. The zero-order valence-electron chi connectivity index (χ0n) is 22.1. The summed E-state index contributed by atoms with van der Waals surface area (Å²) >= 11 is 11.8. The Balaban J connectivity index is 1.46. The number of rotatable bonds is 8. The molecule has 2 heterocycles. The number of hydrogen-bond acceptors (Lipinski definition) is 8. The van der Waals surface area contributed by atoms with E-state index in [1.807, 2.05) is 30.3 Å². The fourth-order valence-corrected chi connectivity index (χ4v) is 4.96. The van der Waals surface area contributed by atoms with Crippen molar-refractivity contribution < 1.29 is 38.6 Å². The molecule has 0 aliphatic carbocycles. The standard InChI is InChI=1S/C27H28Cl2N4O8/c1-14(24(37)31-20-12-22(35)41-27(20)40-13-15-6-4-3-5-7-15)33-26(39)19(8-9-21(34)32(33)2)30-25(38)16-10-17(28)23(36)18(29)11-16/h3-7,10-11,14,19-20,27,36H,8-9,12-13H2,1-2H3,(H,30,38)(H,31,37). The molecule has 0 saturated carbocycles. The van der Waals surface area contributed by atoms with Gasteiger partial charge in [-0.3, -0.25) is 29.0 Å². The quantitative estimate of drug-likeness (QED) is 0.386. The van der Waals surface area contributed by atoms with Crippen LogP contribution in [0.5, 0.6) is 5.75 Å². The van der Waals surface area contributed by atoms with Crippen LogP contribution in [0.3, 0.4) is 0 Å². The summed E-state index contributed by atoms with van der Waals surface area (Å²) in [4.78, 5) is 64.5. The second-order valence-electron chi connectivity index (χ2n) is 9.60. The minimum absolute atomic E-state index is 0.0145. The van der Waals surface area contributed by atoms with E-state index in [1.54, 1.807) is 0 Å². The molecular formula is C27H28Cl2N4O8. The number of esters is 1. The third-order valence-corrected chi connectivity index (χ3v) is 7.31. The maximum absolute atomic E-state index is 13.6. The van der Waals surface area contributed by atoms with Crippen LogP contribution in [-0.2, 0) is 35.3 Å². The Hall–Kier alpha value is -3.87. The Morgan fingerprint density at radius 2 is 1.78 bits per heavy atom. The lowest BCUT2D eigenvalue weighted by molar-refractivity contribution is -0.171. The van der Waals surface area contributed by atoms with Gasteiger partial charge in [-0.25, -0.2) is 5.01 Å². The van der Waals surface area contributed by atoms with Gasteiger partial charge in [-0.1, -0.05) is 53.5 Å². The first-order valence-corrected chi connectivity index (χ1v) is 13.5. The van der Waals surface area contributed by atoms with Gasteiger partial charge < -0.3 is 25.2 Å². The lowest BCUT2D eigenvalue weighted by Crippen LogP contribution is -2.60. The molecule has 41 heavy (non-hydrogen) atoms. The molecule has 2 saturated heterocycles. The molecule has 3 N–H and O–H groups in total. The molecular weight excluding hydrogens is 579 g/mol. The zero-order valence-corrected chi connectivity index (χ0v) is 23.6. The van der Waals surface area contributed by atoms with E-state index < -0.39 is 59.8 Å². The molecule has 0 radical (unpaired) electrons. The topological polar surface area (TPSA) is 155 Å². The molecule has 218 valence electrons. The number of ether oxygens (including phenoxy) is 2. The van der Waals surface area contributed by atoms with Gasteiger partial charge >= 0.3 is 5.97 Å². The average Bonchev–Trinajstić information content (AvgIpc) is 3.26. The molecule has 4 rings (SSSR count). The van der Waals surface area contributed by atoms with Gasteiger partial charge in [0.05, 0.1) is 23.1 Å². The number of benzene rings is 2. The smallest absolute Gasteiger partial charge is 0.310 e. The van der Waals surface area contributed by atoms with E-state index in [0.717, 1.165) is 15.6 Å². The van der Waals surface area contributed by atoms with Crippen molar-refractivity contribution in [3.8, 4) is 5.75 Å². The highest BCUT2D eigenvalue weighted by Gasteiger charge is 2.42. The fraction of sp³-hybridized carbons (Fsp3) is 0.370. The number of nitrogens with one attached hydrogen (secondary N) is 2. The SMILES string of the molecule is CC(C(=O)NC1CC(=O)OC1OCc1ccccc1)N1C(=O)C(NC(=O)c2cc(Cl)c(O)c(Cl)c2)CCC(=O)N1C. The van der Waals surface area contributed by atoms with Crippen LogP contribution in [0.2, 0.25) is 10.0 Å². The lowest BCUT2D eigenvalue weighted by Gasteiger charge is -2.36. The summed E-state index contributed by atoms with van der Waals surface area (Å²) in [6, 6.07) is 8.36. The maximum Gasteiger partial charge on any atom is 0.310 e. The molecule has 4 unspecified atom stereocenters. The van der Waals surface area contributed by atoms with Crippen LogP contribution in [0.4, 0.5) is 0 Å². The van der Waals surface area contributed by atoms with E-state index in [9.17, 15) is 29.1 Å². The Labute approximate surface area is 245 Å². The van der Waals surface area contributed by atoms with Crippen LogP contribution < -0.4 is 10.6 Å². The Bertz CT molecular complexity index is 1340. The van der Waals surface area contributed by atoms with Gasteiger partial charge in [-0.05, 0) is 31.0 Å². The minimum atomic E-state index is -1.21. The van der Waals surface area contributed by atoms with Crippen molar-refractivity contribution in [2.45, 2.75) is 57.2 Å². The molecule has 0 spiro atoms. The van der Waals surface area contributed by atoms with Crippen molar-refractivity contribution in [3.63, 3.8) is 0 Å². The number of hydrazine groups is 1. The molecule has 2 aliphatic heterocycles. The first-order valence-electron chi connectivity index (χ1n) is 12.7. The Kier molecular flexibility index (Phi) is 9.36. The second kappa shape index (κ2) is 12.8. The van der Waals surface area contributed by atoms with Crippen LogP contribution in [-0.4, -0.2) is 76.2 Å². The number of cyclic esters (lactones) is 1. The van der Waals surface area contributed by atoms with Crippen molar-refractivity contribution in [2.75, 3.05) is 7.05 Å². The number of halogens is 2. The van der Waals surface area contributed by atoms with Crippen LogP contribution in [0.1, 0.15) is 42.1 Å². The van der Waals surface area contributed by atoms with Gasteiger partial charge in [0.1, 0.15) is 18.1 Å². The van der Waals surface area contributed by atoms with Gasteiger partial charge in [-0.15, -0.1) is 0 Å². The monoisotopic (exact) mass is 606 g/mol. The number of carbonyl (C=O) groups is 5. The van der Waals surface area contributed by atoms with Crippen LogP contribution in [0, 0.1) is 0 Å². The maximum atomic E-state index is 13.6. The van der Waals surface area contributed by atoms with Gasteiger partial charge in [-0.2, -0.15) is 0 Å². The minimum Gasteiger partial charge on any atom is -0.505 e. The van der Waals surface area contributed by atoms with Gasteiger partial charge in [0.15, 0.2) is 5.75 Å². The van der Waals surface area contributed by atoms with E-state index in [4.69, 9.17) is 32.7 Å². The van der Waals surface area contributed by atoms with Crippen molar-refractivity contribution >= 4 is 52.8 Å².